The quantitative estimate of drug-likeness (QED) is 0.618. The zero-order chi connectivity index (χ0) is 9.69. The van der Waals surface area contributed by atoms with Crippen LogP contribution in [0.5, 0.6) is 0 Å². The number of nitrogens with zero attached hydrogens (tertiary/aromatic N) is 1. The molecule has 0 aromatic carbocycles. The molecule has 0 bridgehead atoms. The molecular formula is C7H13NO4S. The fourth-order valence-corrected chi connectivity index (χ4v) is 3.08. The smallest absolute Gasteiger partial charge is 0.250 e. The fourth-order valence-electron chi connectivity index (χ4n) is 1.95. The molecular weight excluding hydrogens is 194 g/mol. The molecule has 6 heteroatoms. The normalized spacial score (nSPS) is 36.3. The molecule has 2 aliphatic rings. The predicted octanol–water partition coefficient (Wildman–Crippen LogP) is 0.294. The van der Waals surface area contributed by atoms with Crippen molar-refractivity contribution in [1.29, 1.82) is 0 Å². The van der Waals surface area contributed by atoms with Crippen molar-refractivity contribution < 1.29 is 16.8 Å². The minimum atomic E-state index is -3.69. The van der Waals surface area contributed by atoms with Crippen LogP contribution in [0.1, 0.15) is 20.3 Å². The molecule has 0 N–H and O–H groups in total. The first kappa shape index (κ1) is 9.39. The van der Waals surface area contributed by atoms with Gasteiger partial charge in [-0.1, -0.05) is 13.8 Å². The van der Waals surface area contributed by atoms with Crippen molar-refractivity contribution in [3.05, 3.63) is 0 Å². The Balaban J connectivity index is 2.22. The van der Waals surface area contributed by atoms with E-state index >= 15 is 0 Å². The van der Waals surface area contributed by atoms with Gasteiger partial charge in [-0.15, -0.1) is 0 Å². The number of hydrogen-bond donors (Lipinski definition) is 0. The summed E-state index contributed by atoms with van der Waals surface area (Å²) in [6.45, 7) is 5.45. The van der Waals surface area contributed by atoms with Gasteiger partial charge in [0.15, 0.2) is 0 Å². The van der Waals surface area contributed by atoms with Gasteiger partial charge < -0.3 is 0 Å². The highest BCUT2D eigenvalue weighted by Gasteiger charge is 2.62. The molecule has 1 atom stereocenters. The summed E-state index contributed by atoms with van der Waals surface area (Å²) in [5.74, 6) is -0.871. The average molecular weight is 207 g/mol. The van der Waals surface area contributed by atoms with Gasteiger partial charge in [-0.3, -0.25) is 4.90 Å². The van der Waals surface area contributed by atoms with Crippen LogP contribution in [0, 0.1) is 5.92 Å². The SMILES string of the molecule is CCN1CCC(C)C12OS(=O)(=O)O2. The summed E-state index contributed by atoms with van der Waals surface area (Å²) in [6.07, 6.45) is 0.906. The molecule has 0 aliphatic carbocycles. The van der Waals surface area contributed by atoms with Gasteiger partial charge in [0.2, 0.25) is 0 Å². The molecule has 0 aromatic rings. The molecule has 0 amide bonds. The minimum Gasteiger partial charge on any atom is -0.250 e. The maximum atomic E-state index is 10.8. The van der Waals surface area contributed by atoms with E-state index in [0.29, 0.717) is 0 Å². The standard InChI is InChI=1S/C7H13NO4S/c1-3-8-5-4-6(2)7(8)11-13(9,10)12-7/h6H,3-5H2,1-2H3. The average Bonchev–Trinajstić information content (AvgIpc) is 2.27. The maximum absolute atomic E-state index is 10.8. The van der Waals surface area contributed by atoms with Gasteiger partial charge in [0, 0.05) is 19.0 Å². The molecule has 76 valence electrons. The van der Waals surface area contributed by atoms with Crippen LogP contribution in [-0.4, -0.2) is 32.3 Å². The molecule has 2 fully saturated rings. The highest BCUT2D eigenvalue weighted by molar-refractivity contribution is 7.82. The Labute approximate surface area is 77.9 Å². The van der Waals surface area contributed by atoms with Crippen LogP contribution in [0.15, 0.2) is 0 Å². The first-order valence-electron chi connectivity index (χ1n) is 4.41. The molecule has 2 rings (SSSR count). The third-order valence-electron chi connectivity index (χ3n) is 2.72. The zero-order valence-corrected chi connectivity index (χ0v) is 8.50. The lowest BCUT2D eigenvalue weighted by Crippen LogP contribution is -2.61. The van der Waals surface area contributed by atoms with Crippen molar-refractivity contribution in [2.45, 2.75) is 26.2 Å². The van der Waals surface area contributed by atoms with Crippen LogP contribution >= 0.6 is 0 Å². The highest BCUT2D eigenvalue weighted by Crippen LogP contribution is 2.45. The third-order valence-corrected chi connectivity index (χ3v) is 3.61. The Morgan fingerprint density at radius 1 is 1.54 bits per heavy atom. The first-order valence-corrected chi connectivity index (χ1v) is 5.75. The van der Waals surface area contributed by atoms with Crippen molar-refractivity contribution >= 4 is 10.4 Å². The highest BCUT2D eigenvalue weighted by atomic mass is 32.3. The molecule has 2 saturated heterocycles. The Morgan fingerprint density at radius 2 is 2.15 bits per heavy atom. The molecule has 2 heterocycles. The summed E-state index contributed by atoms with van der Waals surface area (Å²) in [4.78, 5) is 1.90. The Bertz CT molecular complexity index is 300. The van der Waals surface area contributed by atoms with Gasteiger partial charge in [-0.25, -0.2) is 0 Å². The summed E-state index contributed by atoms with van der Waals surface area (Å²) in [5, 5.41) is 0. The molecule has 13 heavy (non-hydrogen) atoms. The van der Waals surface area contributed by atoms with E-state index in [-0.39, 0.29) is 5.92 Å². The van der Waals surface area contributed by atoms with Crippen molar-refractivity contribution in [1.82, 2.24) is 4.90 Å². The minimum absolute atomic E-state index is 0.107. The third kappa shape index (κ3) is 1.20. The maximum Gasteiger partial charge on any atom is 0.407 e. The van der Waals surface area contributed by atoms with Crippen LogP contribution in [-0.2, 0) is 18.8 Å². The number of likely N-dealkylation sites (tertiary alicyclic amines) is 1. The monoisotopic (exact) mass is 207 g/mol. The van der Waals surface area contributed by atoms with Gasteiger partial charge >= 0.3 is 10.4 Å². The van der Waals surface area contributed by atoms with Gasteiger partial charge in [-0.05, 0) is 6.42 Å². The van der Waals surface area contributed by atoms with E-state index in [2.05, 4.69) is 0 Å². The lowest BCUT2D eigenvalue weighted by molar-refractivity contribution is -0.282. The summed E-state index contributed by atoms with van der Waals surface area (Å²) in [7, 11) is -3.69. The van der Waals surface area contributed by atoms with Crippen molar-refractivity contribution in [3.8, 4) is 0 Å². The second-order valence-corrected chi connectivity index (χ2v) is 4.62. The van der Waals surface area contributed by atoms with Crippen molar-refractivity contribution in [2.24, 2.45) is 5.92 Å². The second-order valence-electron chi connectivity index (χ2n) is 3.48. The Hall–Kier alpha value is -0.170. The summed E-state index contributed by atoms with van der Waals surface area (Å²) in [5.41, 5.74) is 0. The van der Waals surface area contributed by atoms with Gasteiger partial charge in [0.05, 0.1) is 0 Å². The van der Waals surface area contributed by atoms with Gasteiger partial charge in [-0.2, -0.15) is 16.8 Å². The lowest BCUT2D eigenvalue weighted by Gasteiger charge is -2.44. The van der Waals surface area contributed by atoms with Crippen LogP contribution in [0.2, 0.25) is 0 Å². The number of rotatable bonds is 1. The molecule has 1 spiro atoms. The fraction of sp³-hybridized carbons (Fsp3) is 1.00. The molecule has 0 radical (unpaired) electrons. The zero-order valence-electron chi connectivity index (χ0n) is 7.69. The molecule has 1 unspecified atom stereocenters. The van der Waals surface area contributed by atoms with E-state index in [4.69, 9.17) is 8.37 Å². The first-order chi connectivity index (χ1) is 6.00. The van der Waals surface area contributed by atoms with Crippen LogP contribution in [0.3, 0.4) is 0 Å². The van der Waals surface area contributed by atoms with E-state index in [0.717, 1.165) is 19.5 Å². The van der Waals surface area contributed by atoms with Gasteiger partial charge in [0.25, 0.3) is 5.91 Å². The van der Waals surface area contributed by atoms with Crippen LogP contribution in [0.4, 0.5) is 0 Å². The summed E-state index contributed by atoms with van der Waals surface area (Å²) in [6, 6.07) is 0. The van der Waals surface area contributed by atoms with Crippen molar-refractivity contribution in [2.75, 3.05) is 13.1 Å². The Morgan fingerprint density at radius 3 is 2.62 bits per heavy atom. The number of hydrogen-bond acceptors (Lipinski definition) is 5. The molecule has 5 nitrogen and oxygen atoms in total. The summed E-state index contributed by atoms with van der Waals surface area (Å²) < 4.78 is 31.3. The largest absolute Gasteiger partial charge is 0.407 e. The van der Waals surface area contributed by atoms with Gasteiger partial charge in [0.1, 0.15) is 0 Å². The predicted molar refractivity (Wildman–Crippen MR) is 44.8 cm³/mol. The molecule has 0 aromatic heterocycles. The van der Waals surface area contributed by atoms with Crippen molar-refractivity contribution in [3.63, 3.8) is 0 Å². The van der Waals surface area contributed by atoms with E-state index in [1.54, 1.807) is 0 Å². The van der Waals surface area contributed by atoms with E-state index in [1.807, 2.05) is 18.7 Å². The lowest BCUT2D eigenvalue weighted by atomic mass is 10.1. The second kappa shape index (κ2) is 2.66. The van der Waals surface area contributed by atoms with Crippen LogP contribution < -0.4 is 0 Å². The molecule has 0 saturated carbocycles. The molecule has 2 aliphatic heterocycles. The van der Waals surface area contributed by atoms with Crippen LogP contribution in [0.25, 0.3) is 0 Å². The summed E-state index contributed by atoms with van der Waals surface area (Å²) >= 11 is 0. The topological polar surface area (TPSA) is 55.8 Å². The van der Waals surface area contributed by atoms with E-state index in [1.165, 1.54) is 0 Å². The van der Waals surface area contributed by atoms with E-state index in [9.17, 15) is 8.42 Å². The Kier molecular flexibility index (Phi) is 1.92. The van der Waals surface area contributed by atoms with E-state index < -0.39 is 16.3 Å².